The molecule has 2 rings (SSSR count). The summed E-state index contributed by atoms with van der Waals surface area (Å²) >= 11 is 0. The topological polar surface area (TPSA) is 43.8 Å². The van der Waals surface area contributed by atoms with Crippen LogP contribution >= 0.6 is 0 Å². The smallest absolute Gasteiger partial charge is 0.0553 e. The van der Waals surface area contributed by atoms with Crippen LogP contribution in [0.15, 0.2) is 12.3 Å². The Hall–Kier alpha value is -0.830. The molecule has 3 heteroatoms. The lowest BCUT2D eigenvalue weighted by Crippen LogP contribution is -2.35. The van der Waals surface area contributed by atoms with Gasteiger partial charge in [-0.2, -0.15) is 5.10 Å². The van der Waals surface area contributed by atoms with Gasteiger partial charge in [0.1, 0.15) is 0 Å². The molecule has 2 N–H and O–H groups in total. The fourth-order valence-corrected chi connectivity index (χ4v) is 2.72. The van der Waals surface area contributed by atoms with Crippen LogP contribution < -0.4 is 5.73 Å². The lowest BCUT2D eigenvalue weighted by Gasteiger charge is -2.38. The van der Waals surface area contributed by atoms with E-state index in [1.54, 1.807) is 0 Å². The largest absolute Gasteiger partial charge is 0.322 e. The Bertz CT molecular complexity index is 323. The third kappa shape index (κ3) is 1.93. The highest BCUT2D eigenvalue weighted by Crippen LogP contribution is 2.43. The van der Waals surface area contributed by atoms with Crippen LogP contribution in [0.3, 0.4) is 0 Å². The number of aromatic nitrogens is 2. The Balaban J connectivity index is 2.19. The standard InChI is InChI=1S/C12H21N3/c1-12(7-4-3-5-8-12)11(13)10-6-9-14-15(10)2/h6,9,11H,3-5,7-8,13H2,1-2H3. The van der Waals surface area contributed by atoms with Crippen molar-refractivity contribution in [3.63, 3.8) is 0 Å². The van der Waals surface area contributed by atoms with Crippen LogP contribution in [0.2, 0.25) is 0 Å². The molecule has 1 aliphatic rings. The predicted octanol–water partition coefficient (Wildman–Crippen LogP) is 2.39. The van der Waals surface area contributed by atoms with E-state index < -0.39 is 0 Å². The fourth-order valence-electron chi connectivity index (χ4n) is 2.72. The highest BCUT2D eigenvalue weighted by molar-refractivity contribution is 5.10. The zero-order valence-electron chi connectivity index (χ0n) is 9.74. The number of hydrogen-bond acceptors (Lipinski definition) is 2. The van der Waals surface area contributed by atoms with Gasteiger partial charge in [0.25, 0.3) is 0 Å². The molecule has 0 amide bonds. The van der Waals surface area contributed by atoms with Gasteiger partial charge in [-0.25, -0.2) is 0 Å². The van der Waals surface area contributed by atoms with Crippen molar-refractivity contribution in [1.29, 1.82) is 0 Å². The van der Waals surface area contributed by atoms with Crippen molar-refractivity contribution in [3.05, 3.63) is 18.0 Å². The molecular formula is C12H21N3. The predicted molar refractivity (Wildman–Crippen MR) is 61.3 cm³/mol. The first-order valence-electron chi connectivity index (χ1n) is 5.87. The highest BCUT2D eigenvalue weighted by atomic mass is 15.3. The van der Waals surface area contributed by atoms with Crippen LogP contribution in [0.5, 0.6) is 0 Å². The first-order valence-corrected chi connectivity index (χ1v) is 5.87. The van der Waals surface area contributed by atoms with Gasteiger partial charge in [-0.15, -0.1) is 0 Å². The number of rotatable bonds is 2. The van der Waals surface area contributed by atoms with E-state index in [9.17, 15) is 0 Å². The summed E-state index contributed by atoms with van der Waals surface area (Å²) in [5.41, 5.74) is 7.82. The summed E-state index contributed by atoms with van der Waals surface area (Å²) in [7, 11) is 1.97. The fraction of sp³-hybridized carbons (Fsp3) is 0.750. The molecule has 0 bridgehead atoms. The van der Waals surface area contributed by atoms with Crippen molar-refractivity contribution in [2.45, 2.75) is 45.1 Å². The Morgan fingerprint density at radius 2 is 2.07 bits per heavy atom. The number of nitrogens with zero attached hydrogens (tertiary/aromatic N) is 2. The maximum atomic E-state index is 6.39. The molecule has 0 aliphatic heterocycles. The van der Waals surface area contributed by atoms with Gasteiger partial charge in [-0.1, -0.05) is 26.2 Å². The van der Waals surface area contributed by atoms with Gasteiger partial charge in [0.15, 0.2) is 0 Å². The van der Waals surface area contributed by atoms with Gasteiger partial charge in [0.05, 0.1) is 11.7 Å². The molecule has 1 aromatic heterocycles. The van der Waals surface area contributed by atoms with Crippen LogP contribution in [0.4, 0.5) is 0 Å². The molecule has 15 heavy (non-hydrogen) atoms. The monoisotopic (exact) mass is 207 g/mol. The quantitative estimate of drug-likeness (QED) is 0.809. The minimum atomic E-state index is 0.130. The first kappa shape index (κ1) is 10.7. The van der Waals surface area contributed by atoms with Crippen LogP contribution in [-0.4, -0.2) is 9.78 Å². The maximum absolute atomic E-state index is 6.39. The minimum Gasteiger partial charge on any atom is -0.322 e. The molecule has 0 aromatic carbocycles. The SMILES string of the molecule is Cn1nccc1C(N)C1(C)CCCCC1. The van der Waals surface area contributed by atoms with Crippen LogP contribution in [0.1, 0.15) is 50.8 Å². The summed E-state index contributed by atoms with van der Waals surface area (Å²) < 4.78 is 1.91. The van der Waals surface area contributed by atoms with E-state index in [1.807, 2.05) is 24.0 Å². The summed E-state index contributed by atoms with van der Waals surface area (Å²) in [6.07, 6.45) is 8.35. The molecule has 3 nitrogen and oxygen atoms in total. The molecule has 1 atom stereocenters. The number of nitrogens with two attached hydrogens (primary N) is 1. The summed E-state index contributed by atoms with van der Waals surface area (Å²) in [4.78, 5) is 0. The van der Waals surface area contributed by atoms with Crippen molar-refractivity contribution in [3.8, 4) is 0 Å². The minimum absolute atomic E-state index is 0.130. The second-order valence-corrected chi connectivity index (χ2v) is 5.07. The van der Waals surface area contributed by atoms with Crippen LogP contribution in [0, 0.1) is 5.41 Å². The van der Waals surface area contributed by atoms with E-state index in [0.29, 0.717) is 0 Å². The number of aryl methyl sites for hydroxylation is 1. The third-order valence-corrected chi connectivity index (χ3v) is 3.92. The lowest BCUT2D eigenvalue weighted by molar-refractivity contribution is 0.165. The van der Waals surface area contributed by atoms with Gasteiger partial charge >= 0.3 is 0 Å². The first-order chi connectivity index (χ1) is 7.13. The van der Waals surface area contributed by atoms with E-state index in [1.165, 1.54) is 37.8 Å². The Morgan fingerprint density at radius 3 is 2.60 bits per heavy atom. The molecule has 1 saturated carbocycles. The summed E-state index contributed by atoms with van der Waals surface area (Å²) in [5.74, 6) is 0. The van der Waals surface area contributed by atoms with E-state index in [-0.39, 0.29) is 11.5 Å². The second-order valence-electron chi connectivity index (χ2n) is 5.07. The molecule has 1 fully saturated rings. The van der Waals surface area contributed by atoms with Crippen LogP contribution in [-0.2, 0) is 7.05 Å². The Morgan fingerprint density at radius 1 is 1.40 bits per heavy atom. The Labute approximate surface area is 91.7 Å². The van der Waals surface area contributed by atoms with Crippen LogP contribution in [0.25, 0.3) is 0 Å². The molecule has 0 radical (unpaired) electrons. The molecule has 1 heterocycles. The summed E-state index contributed by atoms with van der Waals surface area (Å²) in [6, 6.07) is 2.18. The second kappa shape index (κ2) is 3.97. The molecule has 1 unspecified atom stereocenters. The summed E-state index contributed by atoms with van der Waals surface area (Å²) in [6.45, 7) is 2.32. The zero-order valence-corrected chi connectivity index (χ0v) is 9.74. The van der Waals surface area contributed by atoms with Crippen molar-refractivity contribution >= 4 is 0 Å². The molecule has 0 saturated heterocycles. The zero-order chi connectivity index (χ0) is 10.9. The van der Waals surface area contributed by atoms with Crippen molar-refractivity contribution < 1.29 is 0 Å². The molecule has 0 spiro atoms. The average Bonchev–Trinajstić information content (AvgIpc) is 2.64. The highest BCUT2D eigenvalue weighted by Gasteiger charge is 2.35. The Kier molecular flexibility index (Phi) is 2.83. The van der Waals surface area contributed by atoms with Crippen molar-refractivity contribution in [2.24, 2.45) is 18.2 Å². The van der Waals surface area contributed by atoms with E-state index in [2.05, 4.69) is 12.0 Å². The van der Waals surface area contributed by atoms with E-state index in [0.717, 1.165) is 0 Å². The molecule has 1 aromatic rings. The van der Waals surface area contributed by atoms with Crippen molar-refractivity contribution in [2.75, 3.05) is 0 Å². The molecular weight excluding hydrogens is 186 g/mol. The maximum Gasteiger partial charge on any atom is 0.0553 e. The van der Waals surface area contributed by atoms with Gasteiger partial charge in [-0.05, 0) is 24.3 Å². The van der Waals surface area contributed by atoms with Gasteiger partial charge in [0, 0.05) is 13.2 Å². The molecule has 1 aliphatic carbocycles. The van der Waals surface area contributed by atoms with E-state index >= 15 is 0 Å². The third-order valence-electron chi connectivity index (χ3n) is 3.92. The van der Waals surface area contributed by atoms with E-state index in [4.69, 9.17) is 5.73 Å². The number of hydrogen-bond donors (Lipinski definition) is 1. The lowest BCUT2D eigenvalue weighted by atomic mass is 9.70. The van der Waals surface area contributed by atoms with Gasteiger partial charge < -0.3 is 5.73 Å². The normalized spacial score (nSPS) is 22.6. The molecule has 84 valence electrons. The average molecular weight is 207 g/mol. The van der Waals surface area contributed by atoms with Gasteiger partial charge in [-0.3, -0.25) is 4.68 Å². The van der Waals surface area contributed by atoms with Gasteiger partial charge in [0.2, 0.25) is 0 Å². The summed E-state index contributed by atoms with van der Waals surface area (Å²) in [5, 5.41) is 4.20. The van der Waals surface area contributed by atoms with Crippen molar-refractivity contribution in [1.82, 2.24) is 9.78 Å².